The van der Waals surface area contributed by atoms with Gasteiger partial charge in [0.1, 0.15) is 0 Å². The summed E-state index contributed by atoms with van der Waals surface area (Å²) in [6.45, 7) is 1.55. The summed E-state index contributed by atoms with van der Waals surface area (Å²) in [4.78, 5) is 24.6. The fraction of sp³-hybridized carbons (Fsp3) is 0.130. The van der Waals surface area contributed by atoms with E-state index in [-0.39, 0.29) is 16.3 Å². The van der Waals surface area contributed by atoms with Crippen LogP contribution < -0.4 is 0 Å². The number of hydrogen-bond acceptors (Lipinski definition) is 6. The molecule has 0 aromatic heterocycles. The Balaban J connectivity index is 1.74. The monoisotopic (exact) mass is 431 g/mol. The van der Waals surface area contributed by atoms with Crippen molar-refractivity contribution in [1.82, 2.24) is 4.90 Å². The first-order valence-electron chi connectivity index (χ1n) is 9.77. The van der Waals surface area contributed by atoms with Crippen LogP contribution in [0.2, 0.25) is 0 Å². The molecule has 154 valence electrons. The fourth-order valence-corrected chi connectivity index (χ4v) is 5.47. The number of nitro groups is 2. The van der Waals surface area contributed by atoms with E-state index in [9.17, 15) is 20.2 Å². The second kappa shape index (κ2) is 7.55. The van der Waals surface area contributed by atoms with Crippen LogP contribution in [0.1, 0.15) is 16.7 Å². The molecule has 1 aliphatic carbocycles. The van der Waals surface area contributed by atoms with Gasteiger partial charge in [0.05, 0.1) is 20.4 Å². The van der Waals surface area contributed by atoms with Gasteiger partial charge in [-0.3, -0.25) is 20.2 Å². The first kappa shape index (κ1) is 19.3. The molecular formula is C23H17N3O4S. The Hall–Kier alpha value is -3.65. The molecule has 0 radical (unpaired) electrons. The van der Waals surface area contributed by atoms with E-state index >= 15 is 0 Å². The number of thioether (sulfide) groups is 1. The summed E-state index contributed by atoms with van der Waals surface area (Å²) in [5, 5.41) is 24.2. The number of nitrogens with zero attached hydrogens (tertiary/aromatic N) is 3. The molecule has 0 bridgehead atoms. The molecule has 0 saturated carbocycles. The van der Waals surface area contributed by atoms with Crippen LogP contribution in [0.4, 0.5) is 11.4 Å². The molecule has 3 aromatic carbocycles. The maximum atomic E-state index is 11.7. The van der Waals surface area contributed by atoms with Crippen LogP contribution in [0, 0.1) is 20.2 Å². The molecule has 0 unspecified atom stereocenters. The summed E-state index contributed by atoms with van der Waals surface area (Å²) in [5.41, 5.74) is 4.64. The molecule has 7 nitrogen and oxygen atoms in total. The second-order valence-electron chi connectivity index (χ2n) is 7.38. The lowest BCUT2D eigenvalue weighted by Crippen LogP contribution is -2.18. The lowest BCUT2D eigenvalue weighted by atomic mass is 10.0. The lowest BCUT2D eigenvalue weighted by Gasteiger charge is -2.22. The van der Waals surface area contributed by atoms with Gasteiger partial charge in [-0.25, -0.2) is 0 Å². The molecule has 31 heavy (non-hydrogen) atoms. The van der Waals surface area contributed by atoms with Gasteiger partial charge in [0, 0.05) is 42.6 Å². The van der Waals surface area contributed by atoms with Gasteiger partial charge < -0.3 is 4.90 Å². The Morgan fingerprint density at radius 3 is 2.42 bits per heavy atom. The van der Waals surface area contributed by atoms with Crippen LogP contribution in [-0.4, -0.2) is 27.0 Å². The molecule has 1 aliphatic heterocycles. The number of hydrogen-bond donors (Lipinski definition) is 0. The molecule has 1 fully saturated rings. The van der Waals surface area contributed by atoms with Crippen molar-refractivity contribution in [3.8, 4) is 11.1 Å². The number of non-ortho nitro benzene ring substituents is 1. The van der Waals surface area contributed by atoms with E-state index in [1.54, 1.807) is 30.0 Å². The van der Waals surface area contributed by atoms with Crippen molar-refractivity contribution in [2.24, 2.45) is 0 Å². The Kier molecular flexibility index (Phi) is 4.71. The van der Waals surface area contributed by atoms with Crippen LogP contribution in [0.15, 0.2) is 71.8 Å². The highest BCUT2D eigenvalue weighted by Gasteiger charge is 2.36. The molecule has 0 N–H and O–H groups in total. The third-order valence-corrected chi connectivity index (χ3v) is 6.70. The van der Waals surface area contributed by atoms with E-state index in [1.165, 1.54) is 17.7 Å². The van der Waals surface area contributed by atoms with Gasteiger partial charge in [0.15, 0.2) is 0 Å². The zero-order valence-corrected chi connectivity index (χ0v) is 17.2. The average molecular weight is 431 g/mol. The van der Waals surface area contributed by atoms with Crippen molar-refractivity contribution in [3.63, 3.8) is 0 Å². The van der Waals surface area contributed by atoms with Crippen LogP contribution in [0.5, 0.6) is 0 Å². The van der Waals surface area contributed by atoms with Gasteiger partial charge in [-0.2, -0.15) is 0 Å². The van der Waals surface area contributed by atoms with Gasteiger partial charge in [-0.05, 0) is 28.3 Å². The Morgan fingerprint density at radius 1 is 0.871 bits per heavy atom. The zero-order valence-electron chi connectivity index (χ0n) is 16.4. The van der Waals surface area contributed by atoms with Crippen molar-refractivity contribution in [3.05, 3.63) is 109 Å². The number of rotatable bonds is 4. The molecule has 0 spiro atoms. The van der Waals surface area contributed by atoms with Gasteiger partial charge >= 0.3 is 0 Å². The average Bonchev–Trinajstić information content (AvgIpc) is 3.35. The van der Waals surface area contributed by atoms with Crippen molar-refractivity contribution in [1.29, 1.82) is 0 Å². The minimum atomic E-state index is -0.427. The largest absolute Gasteiger partial charge is 0.361 e. The normalized spacial score (nSPS) is 16.8. The third-order valence-electron chi connectivity index (χ3n) is 5.58. The van der Waals surface area contributed by atoms with E-state index < -0.39 is 4.92 Å². The van der Waals surface area contributed by atoms with Gasteiger partial charge in [-0.1, -0.05) is 42.5 Å². The van der Waals surface area contributed by atoms with Gasteiger partial charge in [0.2, 0.25) is 0 Å². The molecule has 5 rings (SSSR count). The van der Waals surface area contributed by atoms with Crippen molar-refractivity contribution in [2.45, 2.75) is 6.54 Å². The van der Waals surface area contributed by atoms with Crippen molar-refractivity contribution < 1.29 is 9.85 Å². The van der Waals surface area contributed by atoms with Crippen LogP contribution in [-0.2, 0) is 6.54 Å². The number of benzene rings is 3. The van der Waals surface area contributed by atoms with Gasteiger partial charge in [-0.15, -0.1) is 11.8 Å². The predicted molar refractivity (Wildman–Crippen MR) is 121 cm³/mol. The van der Waals surface area contributed by atoms with Crippen LogP contribution in [0.3, 0.4) is 0 Å². The highest BCUT2D eigenvalue weighted by atomic mass is 32.2. The molecule has 0 amide bonds. The third kappa shape index (κ3) is 3.25. The SMILES string of the molecule is O=[N+]([O-])c1ccc2c(c1)/C(=C1\SCCN1Cc1ccccc1)c1cccc([N+](=O)[O-])c1-2. The summed E-state index contributed by atoms with van der Waals surface area (Å²) in [6, 6.07) is 19.7. The van der Waals surface area contributed by atoms with E-state index in [4.69, 9.17) is 0 Å². The van der Waals surface area contributed by atoms with E-state index in [1.807, 2.05) is 24.3 Å². The summed E-state index contributed by atoms with van der Waals surface area (Å²) in [6.07, 6.45) is 0. The Bertz CT molecular complexity index is 1260. The molecule has 0 atom stereocenters. The Labute approximate surface area is 182 Å². The van der Waals surface area contributed by atoms with Crippen LogP contribution >= 0.6 is 11.8 Å². The number of nitro benzene ring substituents is 2. The van der Waals surface area contributed by atoms with E-state index in [0.29, 0.717) is 23.2 Å². The lowest BCUT2D eigenvalue weighted by molar-refractivity contribution is -0.385. The fourth-order valence-electron chi connectivity index (χ4n) is 4.26. The van der Waals surface area contributed by atoms with E-state index in [0.717, 1.165) is 28.5 Å². The zero-order chi connectivity index (χ0) is 21.5. The smallest absolute Gasteiger partial charge is 0.277 e. The maximum Gasteiger partial charge on any atom is 0.277 e. The summed E-state index contributed by atoms with van der Waals surface area (Å²) >= 11 is 1.69. The van der Waals surface area contributed by atoms with Crippen molar-refractivity contribution in [2.75, 3.05) is 12.3 Å². The summed E-state index contributed by atoms with van der Waals surface area (Å²) in [5.74, 6) is 0.889. The predicted octanol–water partition coefficient (Wildman–Crippen LogP) is 5.45. The molecule has 1 saturated heterocycles. The summed E-state index contributed by atoms with van der Waals surface area (Å²) in [7, 11) is 0. The standard InChI is InChI=1S/C23H17N3O4S/c27-25(28)16-9-10-17-19(13-16)22(18-7-4-8-20(21(17)18)26(29)30)23-24(11-12-31-23)14-15-5-2-1-3-6-15/h1-10,13H,11-12,14H2/b23-22-. The van der Waals surface area contributed by atoms with E-state index in [2.05, 4.69) is 17.0 Å². The topological polar surface area (TPSA) is 89.5 Å². The Morgan fingerprint density at radius 2 is 1.68 bits per heavy atom. The highest BCUT2D eigenvalue weighted by Crippen LogP contribution is 2.53. The van der Waals surface area contributed by atoms with Crippen LogP contribution in [0.25, 0.3) is 16.7 Å². The quantitative estimate of drug-likeness (QED) is 0.315. The van der Waals surface area contributed by atoms with Crippen molar-refractivity contribution >= 4 is 28.7 Å². The molecular weight excluding hydrogens is 414 g/mol. The molecule has 3 aromatic rings. The minimum Gasteiger partial charge on any atom is -0.361 e. The second-order valence-corrected chi connectivity index (χ2v) is 8.46. The molecule has 1 heterocycles. The van der Waals surface area contributed by atoms with Gasteiger partial charge in [0.25, 0.3) is 11.4 Å². The molecule has 8 heteroatoms. The first-order chi connectivity index (χ1) is 15.0. The maximum absolute atomic E-state index is 11.7. The molecule has 2 aliphatic rings. The minimum absolute atomic E-state index is 0.0146. The highest BCUT2D eigenvalue weighted by molar-refractivity contribution is 8.03. The summed E-state index contributed by atoms with van der Waals surface area (Å²) < 4.78 is 0. The number of fused-ring (bicyclic) bond motifs is 3. The first-order valence-corrected chi connectivity index (χ1v) is 10.8.